The van der Waals surface area contributed by atoms with Gasteiger partial charge in [0.15, 0.2) is 0 Å². The van der Waals surface area contributed by atoms with Crippen LogP contribution in [0.1, 0.15) is 35.0 Å². The molecule has 1 atom stereocenters. The van der Waals surface area contributed by atoms with Crippen molar-refractivity contribution in [2.24, 2.45) is 0 Å². The third-order valence-electron chi connectivity index (χ3n) is 7.90. The maximum absolute atomic E-state index is 13.8. The maximum atomic E-state index is 13.8. The first-order valence-electron chi connectivity index (χ1n) is 14.4. The number of ether oxygens (including phenoxy) is 1. The zero-order valence-electron chi connectivity index (χ0n) is 26.2. The molecular formula is C33H38N4O4S2Si. The minimum absolute atomic E-state index is 0.147. The van der Waals surface area contributed by atoms with Crippen molar-refractivity contribution < 1.29 is 18.3 Å². The molecule has 1 unspecified atom stereocenters. The summed E-state index contributed by atoms with van der Waals surface area (Å²) in [4.78, 5) is 5.87. The SMILES string of the molecule is CSc1cc(C)c2c(ccn2S(=O)(=O)c2ccc(C)cc2)c1C(C)(O)c1nc2ccc(C#N)cc2n1COCC[Si](C)(C)C. The van der Waals surface area contributed by atoms with Gasteiger partial charge in [0.25, 0.3) is 10.0 Å². The monoisotopic (exact) mass is 646 g/mol. The number of fused-ring (bicyclic) bond motifs is 2. The third kappa shape index (κ3) is 5.85. The summed E-state index contributed by atoms with van der Waals surface area (Å²) in [6.45, 7) is 13.1. The van der Waals surface area contributed by atoms with Gasteiger partial charge in [-0.1, -0.05) is 37.3 Å². The number of aliphatic hydroxyl groups is 1. The molecule has 0 amide bonds. The van der Waals surface area contributed by atoms with Crippen molar-refractivity contribution in [3.63, 3.8) is 0 Å². The average molecular weight is 647 g/mol. The van der Waals surface area contributed by atoms with E-state index in [1.54, 1.807) is 61.7 Å². The molecule has 0 aliphatic rings. The first kappa shape index (κ1) is 32.0. The molecule has 2 aromatic heterocycles. The lowest BCUT2D eigenvalue weighted by Crippen LogP contribution is -2.29. The van der Waals surface area contributed by atoms with Crippen molar-refractivity contribution >= 4 is 51.8 Å². The molecule has 0 aliphatic heterocycles. The number of rotatable bonds is 10. The Labute approximate surface area is 264 Å². The molecule has 0 bridgehead atoms. The normalized spacial score (nSPS) is 13.8. The molecule has 0 spiro atoms. The second kappa shape index (κ2) is 11.8. The van der Waals surface area contributed by atoms with E-state index in [0.29, 0.717) is 45.5 Å². The lowest BCUT2D eigenvalue weighted by Gasteiger charge is -2.28. The number of nitriles is 1. The Balaban J connectivity index is 1.71. The van der Waals surface area contributed by atoms with Crippen LogP contribution in [0.15, 0.2) is 70.6 Å². The minimum Gasteiger partial charge on any atom is -0.377 e. The summed E-state index contributed by atoms with van der Waals surface area (Å²) in [5.74, 6) is 0.352. The number of imidazole rings is 1. The molecular weight excluding hydrogens is 609 g/mol. The van der Waals surface area contributed by atoms with Gasteiger partial charge in [-0.2, -0.15) is 5.26 Å². The Hall–Kier alpha value is -3.40. The first-order chi connectivity index (χ1) is 20.7. The van der Waals surface area contributed by atoms with E-state index in [1.165, 1.54) is 15.7 Å². The first-order valence-corrected chi connectivity index (χ1v) is 20.8. The van der Waals surface area contributed by atoms with Gasteiger partial charge in [0.1, 0.15) is 18.2 Å². The minimum atomic E-state index is -3.91. The lowest BCUT2D eigenvalue weighted by molar-refractivity contribution is 0.0558. The standard InChI is InChI=1S/C33H38N4O4S2Si/c1-22-8-11-25(12-9-22)43(39,40)37-15-14-26-30(29(42-4)18-23(2)31(26)37)33(3,38)32-35-27-13-10-24(20-34)19-28(27)36(32)21-41-16-17-44(5,6)7/h8-15,18-19,38H,16-17,21H2,1-7H3. The van der Waals surface area contributed by atoms with Crippen LogP contribution in [0.5, 0.6) is 0 Å². The van der Waals surface area contributed by atoms with Crippen LogP contribution in [0.2, 0.25) is 25.7 Å². The van der Waals surface area contributed by atoms with Crippen molar-refractivity contribution in [3.8, 4) is 6.07 Å². The molecule has 1 N–H and O–H groups in total. The van der Waals surface area contributed by atoms with Crippen LogP contribution in [0.4, 0.5) is 0 Å². The Bertz CT molecular complexity index is 2020. The van der Waals surface area contributed by atoms with Gasteiger partial charge in [0.2, 0.25) is 0 Å². The van der Waals surface area contributed by atoms with Crippen LogP contribution >= 0.6 is 11.8 Å². The van der Waals surface area contributed by atoms with Gasteiger partial charge in [-0.05, 0) is 81.1 Å². The smallest absolute Gasteiger partial charge is 0.268 e. The fraction of sp³-hybridized carbons (Fsp3) is 0.333. The molecule has 0 saturated heterocycles. The van der Waals surface area contributed by atoms with Crippen molar-refractivity contribution in [2.45, 2.75) is 68.6 Å². The number of nitrogens with zero attached hydrogens (tertiary/aromatic N) is 4. The third-order valence-corrected chi connectivity index (χ3v) is 12.1. The van der Waals surface area contributed by atoms with Gasteiger partial charge in [0, 0.05) is 36.7 Å². The highest BCUT2D eigenvalue weighted by atomic mass is 32.2. The van der Waals surface area contributed by atoms with Gasteiger partial charge >= 0.3 is 0 Å². The Morgan fingerprint density at radius 2 is 1.80 bits per heavy atom. The molecule has 0 saturated carbocycles. The van der Waals surface area contributed by atoms with Crippen LogP contribution in [0.25, 0.3) is 21.9 Å². The van der Waals surface area contributed by atoms with E-state index < -0.39 is 23.7 Å². The highest BCUT2D eigenvalue weighted by Gasteiger charge is 2.37. The maximum Gasteiger partial charge on any atom is 0.268 e. The molecule has 11 heteroatoms. The summed E-state index contributed by atoms with van der Waals surface area (Å²) in [6, 6.07) is 18.9. The van der Waals surface area contributed by atoms with Gasteiger partial charge in [-0.3, -0.25) is 0 Å². The van der Waals surface area contributed by atoms with Gasteiger partial charge in [-0.15, -0.1) is 11.8 Å². The predicted molar refractivity (Wildman–Crippen MR) is 179 cm³/mol. The van der Waals surface area contributed by atoms with E-state index in [2.05, 4.69) is 25.7 Å². The summed E-state index contributed by atoms with van der Waals surface area (Å²) in [5, 5.41) is 22.8. The number of hydrogen-bond acceptors (Lipinski definition) is 7. The fourth-order valence-corrected chi connectivity index (χ4v) is 8.48. The van der Waals surface area contributed by atoms with Crippen LogP contribution in [0.3, 0.4) is 0 Å². The molecule has 0 radical (unpaired) electrons. The van der Waals surface area contributed by atoms with Crippen molar-refractivity contribution in [3.05, 3.63) is 88.9 Å². The second-order valence-corrected chi connectivity index (χ2v) is 20.8. The number of aromatic nitrogens is 3. The average Bonchev–Trinajstić information content (AvgIpc) is 3.58. The Morgan fingerprint density at radius 3 is 2.43 bits per heavy atom. The van der Waals surface area contributed by atoms with Crippen molar-refractivity contribution in [1.82, 2.24) is 13.5 Å². The number of aryl methyl sites for hydroxylation is 2. The van der Waals surface area contributed by atoms with E-state index in [9.17, 15) is 18.8 Å². The summed E-state index contributed by atoms with van der Waals surface area (Å²) in [6.07, 6.45) is 3.49. The van der Waals surface area contributed by atoms with Crippen LogP contribution in [-0.2, 0) is 27.1 Å². The molecule has 0 fully saturated rings. The number of thioether (sulfide) groups is 1. The highest BCUT2D eigenvalue weighted by molar-refractivity contribution is 7.98. The fourth-order valence-electron chi connectivity index (χ4n) is 5.50. The van der Waals surface area contributed by atoms with Gasteiger partial charge < -0.3 is 14.4 Å². The van der Waals surface area contributed by atoms with Crippen molar-refractivity contribution in [1.29, 1.82) is 5.26 Å². The molecule has 2 heterocycles. The highest BCUT2D eigenvalue weighted by Crippen LogP contribution is 2.43. The van der Waals surface area contributed by atoms with E-state index in [0.717, 1.165) is 22.1 Å². The zero-order chi connectivity index (χ0) is 32.0. The quantitative estimate of drug-likeness (QED) is 0.0988. The predicted octanol–water partition coefficient (Wildman–Crippen LogP) is 7.01. The molecule has 0 aliphatic carbocycles. The van der Waals surface area contributed by atoms with E-state index in [4.69, 9.17) is 9.72 Å². The lowest BCUT2D eigenvalue weighted by atomic mass is 9.90. The molecule has 230 valence electrons. The van der Waals surface area contributed by atoms with Gasteiger partial charge in [-0.25, -0.2) is 17.4 Å². The van der Waals surface area contributed by atoms with E-state index >= 15 is 0 Å². The van der Waals surface area contributed by atoms with Crippen LogP contribution in [0, 0.1) is 25.2 Å². The van der Waals surface area contributed by atoms with E-state index in [1.807, 2.05) is 30.7 Å². The summed E-state index contributed by atoms with van der Waals surface area (Å²) in [5.41, 5.74) is 2.93. The van der Waals surface area contributed by atoms with Gasteiger partial charge in [0.05, 0.1) is 33.1 Å². The molecule has 5 aromatic rings. The molecule has 5 rings (SSSR count). The van der Waals surface area contributed by atoms with Crippen LogP contribution in [-0.4, -0.2) is 48.0 Å². The Morgan fingerprint density at radius 1 is 1.09 bits per heavy atom. The zero-order valence-corrected chi connectivity index (χ0v) is 28.8. The second-order valence-electron chi connectivity index (χ2n) is 12.6. The molecule has 44 heavy (non-hydrogen) atoms. The number of benzene rings is 3. The molecule has 8 nitrogen and oxygen atoms in total. The largest absolute Gasteiger partial charge is 0.377 e. The van der Waals surface area contributed by atoms with E-state index in [-0.39, 0.29) is 11.6 Å². The topological polar surface area (TPSA) is 110 Å². The summed E-state index contributed by atoms with van der Waals surface area (Å²) >= 11 is 1.48. The van der Waals surface area contributed by atoms with Crippen molar-refractivity contribution in [2.75, 3.05) is 12.9 Å². The van der Waals surface area contributed by atoms with Crippen LogP contribution < -0.4 is 0 Å². The number of hydrogen-bond donors (Lipinski definition) is 1. The Kier molecular flexibility index (Phi) is 8.61. The molecule has 3 aromatic carbocycles. The summed E-state index contributed by atoms with van der Waals surface area (Å²) in [7, 11) is -5.25. The summed E-state index contributed by atoms with van der Waals surface area (Å²) < 4.78 is 37.0.